The number of carboxylic acids is 1. The Morgan fingerprint density at radius 2 is 1.45 bits per heavy atom. The van der Waals surface area contributed by atoms with Crippen LogP contribution in [-0.4, -0.2) is 41.8 Å². The third kappa shape index (κ3) is 14.6. The molecule has 3 N–H and O–H groups in total. The fourth-order valence-corrected chi connectivity index (χ4v) is 1.64. The number of rotatable bonds is 10. The van der Waals surface area contributed by atoms with Crippen molar-refractivity contribution in [3.05, 3.63) is 0 Å². The third-order valence-corrected chi connectivity index (χ3v) is 2.66. The highest BCUT2D eigenvalue weighted by atomic mass is 16.6. The van der Waals surface area contributed by atoms with Crippen molar-refractivity contribution in [2.75, 3.05) is 13.1 Å². The molecular formula is C15H28N2O5. The van der Waals surface area contributed by atoms with E-state index in [1.807, 2.05) is 20.8 Å². The van der Waals surface area contributed by atoms with Gasteiger partial charge in [-0.1, -0.05) is 12.8 Å². The van der Waals surface area contributed by atoms with Crippen molar-refractivity contribution in [2.24, 2.45) is 0 Å². The third-order valence-electron chi connectivity index (χ3n) is 2.66. The van der Waals surface area contributed by atoms with E-state index in [9.17, 15) is 14.4 Å². The van der Waals surface area contributed by atoms with Gasteiger partial charge in [-0.05, 0) is 33.6 Å². The molecule has 0 rings (SSSR count). The second kappa shape index (κ2) is 10.9. The summed E-state index contributed by atoms with van der Waals surface area (Å²) >= 11 is 0. The topological polar surface area (TPSA) is 105 Å². The number of hydrogen-bond acceptors (Lipinski definition) is 4. The molecule has 7 heteroatoms. The van der Waals surface area contributed by atoms with Crippen LogP contribution in [-0.2, 0) is 14.3 Å². The molecule has 0 unspecified atom stereocenters. The van der Waals surface area contributed by atoms with Gasteiger partial charge in [-0.3, -0.25) is 9.59 Å². The Bertz CT molecular complexity index is 363. The van der Waals surface area contributed by atoms with Gasteiger partial charge in [-0.15, -0.1) is 0 Å². The number of nitrogens with one attached hydrogen (secondary N) is 2. The molecule has 0 fully saturated rings. The van der Waals surface area contributed by atoms with Crippen LogP contribution in [0.1, 0.15) is 59.3 Å². The second-order valence-electron chi connectivity index (χ2n) is 6.09. The van der Waals surface area contributed by atoms with Crippen LogP contribution in [0.5, 0.6) is 0 Å². The largest absolute Gasteiger partial charge is 0.481 e. The molecule has 0 radical (unpaired) electrons. The van der Waals surface area contributed by atoms with Crippen LogP contribution in [0.25, 0.3) is 0 Å². The van der Waals surface area contributed by atoms with Gasteiger partial charge in [0.05, 0.1) is 6.42 Å². The number of hydrogen-bond donors (Lipinski definition) is 3. The molecular weight excluding hydrogens is 288 g/mol. The molecule has 2 amide bonds. The standard InChI is InChI=1S/C15H28N2O5/c1-15(2,3)22-14(21)17-11-7-5-4-6-10-16-12(18)8-9-13(19)20/h4-11H2,1-3H3,(H,16,18)(H,17,21)(H,19,20). The molecule has 0 spiro atoms. The molecule has 0 saturated heterocycles. The van der Waals surface area contributed by atoms with Gasteiger partial charge < -0.3 is 20.5 Å². The fourth-order valence-electron chi connectivity index (χ4n) is 1.64. The molecule has 0 saturated carbocycles. The molecule has 0 aliphatic heterocycles. The fraction of sp³-hybridized carbons (Fsp3) is 0.800. The summed E-state index contributed by atoms with van der Waals surface area (Å²) in [7, 11) is 0. The van der Waals surface area contributed by atoms with Crippen molar-refractivity contribution in [1.29, 1.82) is 0 Å². The maximum Gasteiger partial charge on any atom is 0.407 e. The summed E-state index contributed by atoms with van der Waals surface area (Å²) in [6.07, 6.45) is 3.06. The Labute approximate surface area is 131 Å². The smallest absolute Gasteiger partial charge is 0.407 e. The summed E-state index contributed by atoms with van der Waals surface area (Å²) in [5, 5.41) is 13.8. The predicted molar refractivity (Wildman–Crippen MR) is 82.6 cm³/mol. The first-order chi connectivity index (χ1) is 10.2. The van der Waals surface area contributed by atoms with Crippen LogP contribution in [0, 0.1) is 0 Å². The van der Waals surface area contributed by atoms with Gasteiger partial charge in [0, 0.05) is 19.5 Å². The monoisotopic (exact) mass is 316 g/mol. The summed E-state index contributed by atoms with van der Waals surface area (Å²) in [4.78, 5) is 32.9. The SMILES string of the molecule is CC(C)(C)OC(=O)NCCCCCCNC(=O)CCC(=O)O. The minimum atomic E-state index is -0.965. The number of carboxylic acid groups (broad SMARTS) is 1. The van der Waals surface area contributed by atoms with E-state index in [0.717, 1.165) is 25.7 Å². The zero-order chi connectivity index (χ0) is 17.0. The molecule has 0 aliphatic carbocycles. The number of aliphatic carboxylic acids is 1. The minimum absolute atomic E-state index is 0.0230. The number of alkyl carbamates (subject to hydrolysis) is 1. The lowest BCUT2D eigenvalue weighted by molar-refractivity contribution is -0.138. The van der Waals surface area contributed by atoms with Crippen molar-refractivity contribution in [3.8, 4) is 0 Å². The van der Waals surface area contributed by atoms with Gasteiger partial charge in [0.25, 0.3) is 0 Å². The predicted octanol–water partition coefficient (Wildman–Crippen LogP) is 2.05. The number of carbonyl (C=O) groups excluding carboxylic acids is 2. The molecule has 0 bridgehead atoms. The number of ether oxygens (including phenoxy) is 1. The Balaban J connectivity index is 3.39. The summed E-state index contributed by atoms with van der Waals surface area (Å²) < 4.78 is 5.11. The lowest BCUT2D eigenvalue weighted by atomic mass is 10.2. The van der Waals surface area contributed by atoms with E-state index in [0.29, 0.717) is 13.1 Å². The first-order valence-electron chi connectivity index (χ1n) is 7.66. The van der Waals surface area contributed by atoms with E-state index < -0.39 is 17.7 Å². The van der Waals surface area contributed by atoms with Gasteiger partial charge in [-0.2, -0.15) is 0 Å². The van der Waals surface area contributed by atoms with Crippen LogP contribution in [0.3, 0.4) is 0 Å². The summed E-state index contributed by atoms with van der Waals surface area (Å²) in [5.74, 6) is -1.19. The Morgan fingerprint density at radius 3 is 1.95 bits per heavy atom. The van der Waals surface area contributed by atoms with Crippen LogP contribution < -0.4 is 10.6 Å². The highest BCUT2D eigenvalue weighted by molar-refractivity contribution is 5.80. The Hall–Kier alpha value is -1.79. The maximum absolute atomic E-state index is 11.4. The number of amides is 2. The first-order valence-corrected chi connectivity index (χ1v) is 7.66. The second-order valence-corrected chi connectivity index (χ2v) is 6.09. The van der Waals surface area contributed by atoms with Crippen molar-refractivity contribution < 1.29 is 24.2 Å². The number of carbonyl (C=O) groups is 3. The van der Waals surface area contributed by atoms with Gasteiger partial charge in [-0.25, -0.2) is 4.79 Å². The van der Waals surface area contributed by atoms with Gasteiger partial charge in [0.2, 0.25) is 5.91 Å². The van der Waals surface area contributed by atoms with E-state index >= 15 is 0 Å². The summed E-state index contributed by atoms with van der Waals surface area (Å²) in [6.45, 7) is 6.57. The molecule has 0 aromatic carbocycles. The van der Waals surface area contributed by atoms with Crippen LogP contribution in [0.4, 0.5) is 4.79 Å². The summed E-state index contributed by atoms with van der Waals surface area (Å²) in [5.41, 5.74) is -0.483. The molecule has 0 heterocycles. The van der Waals surface area contributed by atoms with Gasteiger partial charge in [0.1, 0.15) is 5.60 Å². The van der Waals surface area contributed by atoms with Crippen LogP contribution in [0.15, 0.2) is 0 Å². The number of unbranched alkanes of at least 4 members (excludes halogenated alkanes) is 3. The summed E-state index contributed by atoms with van der Waals surface area (Å²) in [6, 6.07) is 0. The molecule has 0 aromatic rings. The van der Waals surface area contributed by atoms with Crippen molar-refractivity contribution in [3.63, 3.8) is 0 Å². The molecule has 128 valence electrons. The maximum atomic E-state index is 11.4. The van der Waals surface area contributed by atoms with E-state index in [4.69, 9.17) is 9.84 Å². The molecule has 7 nitrogen and oxygen atoms in total. The van der Waals surface area contributed by atoms with E-state index in [-0.39, 0.29) is 18.7 Å². The zero-order valence-electron chi connectivity index (χ0n) is 13.7. The van der Waals surface area contributed by atoms with Crippen molar-refractivity contribution in [2.45, 2.75) is 64.9 Å². The van der Waals surface area contributed by atoms with Crippen molar-refractivity contribution >= 4 is 18.0 Å². The normalized spacial score (nSPS) is 10.9. The quantitative estimate of drug-likeness (QED) is 0.535. The zero-order valence-corrected chi connectivity index (χ0v) is 13.7. The first kappa shape index (κ1) is 20.2. The van der Waals surface area contributed by atoms with E-state index in [2.05, 4.69) is 10.6 Å². The Morgan fingerprint density at radius 1 is 0.909 bits per heavy atom. The molecule has 22 heavy (non-hydrogen) atoms. The van der Waals surface area contributed by atoms with Gasteiger partial charge in [0.15, 0.2) is 0 Å². The average Bonchev–Trinajstić information content (AvgIpc) is 2.37. The molecule has 0 aliphatic rings. The van der Waals surface area contributed by atoms with E-state index in [1.165, 1.54) is 0 Å². The van der Waals surface area contributed by atoms with Crippen LogP contribution in [0.2, 0.25) is 0 Å². The van der Waals surface area contributed by atoms with Crippen molar-refractivity contribution in [1.82, 2.24) is 10.6 Å². The van der Waals surface area contributed by atoms with Gasteiger partial charge >= 0.3 is 12.1 Å². The molecule has 0 atom stereocenters. The highest BCUT2D eigenvalue weighted by Crippen LogP contribution is 2.06. The van der Waals surface area contributed by atoms with Crippen LogP contribution >= 0.6 is 0 Å². The highest BCUT2D eigenvalue weighted by Gasteiger charge is 2.15. The lowest BCUT2D eigenvalue weighted by Gasteiger charge is -2.19. The minimum Gasteiger partial charge on any atom is -0.481 e. The lowest BCUT2D eigenvalue weighted by Crippen LogP contribution is -2.33. The molecule has 0 aromatic heterocycles. The Kier molecular flexibility index (Phi) is 9.98. The van der Waals surface area contributed by atoms with E-state index in [1.54, 1.807) is 0 Å². The average molecular weight is 316 g/mol.